The third kappa shape index (κ3) is 4.09. The highest BCUT2D eigenvalue weighted by molar-refractivity contribution is 9.10. The number of rotatable bonds is 5. The molecule has 2 rings (SSSR count). The number of aromatic nitrogens is 1. The Morgan fingerprint density at radius 1 is 1.00 bits per heavy atom. The minimum absolute atomic E-state index is 0.566. The molecule has 1 aromatic carbocycles. The molecule has 0 spiro atoms. The van der Waals surface area contributed by atoms with Gasteiger partial charge in [0, 0.05) is 29.6 Å². The normalized spacial score (nSPS) is 10.6. The molecule has 0 saturated heterocycles. The summed E-state index contributed by atoms with van der Waals surface area (Å²) in [5.74, 6) is 0.566. The maximum atomic E-state index is 5.75. The number of alkyl halides is 1. The Hall–Kier alpha value is -0.900. The van der Waals surface area contributed by atoms with Gasteiger partial charge in [-0.1, -0.05) is 24.3 Å². The molecular weight excluding hydrogens is 312 g/mol. The zero-order valence-corrected chi connectivity index (χ0v) is 12.2. The van der Waals surface area contributed by atoms with E-state index in [0.717, 1.165) is 28.8 Å². The van der Waals surface area contributed by atoms with Crippen molar-refractivity contribution in [2.24, 2.45) is 0 Å². The van der Waals surface area contributed by atoms with Gasteiger partial charge >= 0.3 is 0 Å². The Morgan fingerprint density at radius 2 is 1.72 bits per heavy atom. The summed E-state index contributed by atoms with van der Waals surface area (Å²) < 4.78 is 1.00. The van der Waals surface area contributed by atoms with E-state index in [-0.39, 0.29) is 0 Å². The molecule has 0 atom stereocenters. The highest BCUT2D eigenvalue weighted by Gasteiger charge is 1.96. The predicted octanol–water partition coefficient (Wildman–Crippen LogP) is 3.87. The fourth-order valence-electron chi connectivity index (χ4n) is 1.59. The SMILES string of the molecule is ClCc1ccc(CNCc2ccc(Br)cn2)cc1. The fraction of sp³-hybridized carbons (Fsp3) is 0.214. The van der Waals surface area contributed by atoms with Crippen molar-refractivity contribution in [1.29, 1.82) is 0 Å². The lowest BCUT2D eigenvalue weighted by Crippen LogP contribution is -2.13. The number of hydrogen-bond acceptors (Lipinski definition) is 2. The van der Waals surface area contributed by atoms with Gasteiger partial charge in [-0.25, -0.2) is 0 Å². The van der Waals surface area contributed by atoms with Crippen LogP contribution >= 0.6 is 27.5 Å². The molecule has 0 amide bonds. The lowest BCUT2D eigenvalue weighted by Gasteiger charge is -2.05. The molecule has 0 aliphatic heterocycles. The van der Waals surface area contributed by atoms with Gasteiger partial charge in [-0.15, -0.1) is 11.6 Å². The summed E-state index contributed by atoms with van der Waals surface area (Å²) >= 11 is 9.12. The molecule has 0 aliphatic carbocycles. The molecule has 94 valence electrons. The topological polar surface area (TPSA) is 24.9 Å². The minimum Gasteiger partial charge on any atom is -0.307 e. The summed E-state index contributed by atoms with van der Waals surface area (Å²) in [5, 5.41) is 3.36. The molecular formula is C14H14BrClN2. The van der Waals surface area contributed by atoms with Crippen LogP contribution in [0.25, 0.3) is 0 Å². The third-order valence-electron chi connectivity index (χ3n) is 2.60. The van der Waals surface area contributed by atoms with Crippen LogP contribution in [0.2, 0.25) is 0 Å². The van der Waals surface area contributed by atoms with Crippen LogP contribution in [-0.4, -0.2) is 4.98 Å². The molecule has 0 saturated carbocycles. The van der Waals surface area contributed by atoms with Crippen molar-refractivity contribution in [3.63, 3.8) is 0 Å². The number of pyridine rings is 1. The van der Waals surface area contributed by atoms with Gasteiger partial charge in [0.05, 0.1) is 5.69 Å². The van der Waals surface area contributed by atoms with Gasteiger partial charge in [0.1, 0.15) is 0 Å². The first-order chi connectivity index (χ1) is 8.78. The Balaban J connectivity index is 1.82. The van der Waals surface area contributed by atoms with Crippen molar-refractivity contribution in [2.75, 3.05) is 0 Å². The molecule has 0 unspecified atom stereocenters. The van der Waals surface area contributed by atoms with Gasteiger partial charge in [0.15, 0.2) is 0 Å². The second-order valence-electron chi connectivity index (χ2n) is 4.02. The van der Waals surface area contributed by atoms with E-state index < -0.39 is 0 Å². The van der Waals surface area contributed by atoms with Gasteiger partial charge in [-0.2, -0.15) is 0 Å². The van der Waals surface area contributed by atoms with E-state index in [1.54, 1.807) is 0 Å². The van der Waals surface area contributed by atoms with Gasteiger partial charge in [0.2, 0.25) is 0 Å². The molecule has 4 heteroatoms. The van der Waals surface area contributed by atoms with Crippen LogP contribution in [-0.2, 0) is 19.0 Å². The van der Waals surface area contributed by atoms with Crippen molar-refractivity contribution in [2.45, 2.75) is 19.0 Å². The number of nitrogens with zero attached hydrogens (tertiary/aromatic N) is 1. The van der Waals surface area contributed by atoms with E-state index in [2.05, 4.69) is 50.5 Å². The lowest BCUT2D eigenvalue weighted by atomic mass is 10.1. The summed E-state index contributed by atoms with van der Waals surface area (Å²) in [6, 6.07) is 12.3. The Kier molecular flexibility index (Phi) is 5.17. The number of nitrogens with one attached hydrogen (secondary N) is 1. The average Bonchev–Trinajstić information content (AvgIpc) is 2.42. The van der Waals surface area contributed by atoms with Gasteiger partial charge < -0.3 is 5.32 Å². The van der Waals surface area contributed by atoms with Crippen molar-refractivity contribution in [3.8, 4) is 0 Å². The highest BCUT2D eigenvalue weighted by atomic mass is 79.9. The van der Waals surface area contributed by atoms with Crippen LogP contribution in [0, 0.1) is 0 Å². The van der Waals surface area contributed by atoms with Crippen LogP contribution in [0.4, 0.5) is 0 Å². The molecule has 1 N–H and O–H groups in total. The van der Waals surface area contributed by atoms with E-state index in [1.807, 2.05) is 18.3 Å². The number of benzene rings is 1. The molecule has 0 aliphatic rings. The first kappa shape index (κ1) is 13.5. The number of hydrogen-bond donors (Lipinski definition) is 1. The highest BCUT2D eigenvalue weighted by Crippen LogP contribution is 2.08. The van der Waals surface area contributed by atoms with Crippen LogP contribution in [0.1, 0.15) is 16.8 Å². The smallest absolute Gasteiger partial charge is 0.0542 e. The van der Waals surface area contributed by atoms with Gasteiger partial charge in [-0.3, -0.25) is 4.98 Å². The first-order valence-electron chi connectivity index (χ1n) is 5.73. The number of halogens is 2. The summed E-state index contributed by atoms with van der Waals surface area (Å²) in [6.45, 7) is 1.60. The van der Waals surface area contributed by atoms with Crippen molar-refractivity contribution in [1.82, 2.24) is 10.3 Å². The molecule has 0 fully saturated rings. The van der Waals surface area contributed by atoms with Gasteiger partial charge in [-0.05, 0) is 39.2 Å². The molecule has 2 aromatic rings. The van der Waals surface area contributed by atoms with Crippen molar-refractivity contribution < 1.29 is 0 Å². The summed E-state index contributed by atoms with van der Waals surface area (Å²) in [4.78, 5) is 4.31. The Morgan fingerprint density at radius 3 is 2.33 bits per heavy atom. The summed E-state index contributed by atoms with van der Waals surface area (Å²) in [5.41, 5.74) is 3.44. The van der Waals surface area contributed by atoms with E-state index in [4.69, 9.17) is 11.6 Å². The van der Waals surface area contributed by atoms with Crippen LogP contribution in [0.3, 0.4) is 0 Å². The Bertz CT molecular complexity index is 482. The van der Waals surface area contributed by atoms with Crippen molar-refractivity contribution >= 4 is 27.5 Å². The molecule has 0 radical (unpaired) electrons. The molecule has 1 heterocycles. The largest absolute Gasteiger partial charge is 0.307 e. The molecule has 2 nitrogen and oxygen atoms in total. The van der Waals surface area contributed by atoms with Crippen molar-refractivity contribution in [3.05, 3.63) is 63.9 Å². The zero-order chi connectivity index (χ0) is 12.8. The van der Waals surface area contributed by atoms with E-state index in [9.17, 15) is 0 Å². The van der Waals surface area contributed by atoms with Gasteiger partial charge in [0.25, 0.3) is 0 Å². The van der Waals surface area contributed by atoms with E-state index in [1.165, 1.54) is 5.56 Å². The summed E-state index contributed by atoms with van der Waals surface area (Å²) in [7, 11) is 0. The second kappa shape index (κ2) is 6.88. The van der Waals surface area contributed by atoms with Crippen LogP contribution in [0.5, 0.6) is 0 Å². The summed E-state index contributed by atoms with van der Waals surface area (Å²) in [6.07, 6.45) is 1.81. The zero-order valence-electron chi connectivity index (χ0n) is 9.87. The average molecular weight is 326 g/mol. The maximum absolute atomic E-state index is 5.75. The lowest BCUT2D eigenvalue weighted by molar-refractivity contribution is 0.679. The predicted molar refractivity (Wildman–Crippen MR) is 78.5 cm³/mol. The standard InChI is InChI=1S/C14H14BrClN2/c15-13-5-6-14(18-9-13)10-17-8-12-3-1-11(7-16)2-4-12/h1-6,9,17H,7-8,10H2. The second-order valence-corrected chi connectivity index (χ2v) is 5.20. The van der Waals surface area contributed by atoms with E-state index in [0.29, 0.717) is 5.88 Å². The minimum atomic E-state index is 0.566. The Labute approximate surface area is 121 Å². The first-order valence-corrected chi connectivity index (χ1v) is 7.05. The third-order valence-corrected chi connectivity index (χ3v) is 3.38. The molecule has 0 bridgehead atoms. The fourth-order valence-corrected chi connectivity index (χ4v) is 2.00. The van der Waals surface area contributed by atoms with Crippen LogP contribution in [0.15, 0.2) is 47.1 Å². The quantitative estimate of drug-likeness (QED) is 0.844. The maximum Gasteiger partial charge on any atom is 0.0542 e. The van der Waals surface area contributed by atoms with E-state index >= 15 is 0 Å². The monoisotopic (exact) mass is 324 g/mol. The van der Waals surface area contributed by atoms with Crippen LogP contribution < -0.4 is 5.32 Å². The molecule has 1 aromatic heterocycles. The molecule has 18 heavy (non-hydrogen) atoms.